The molecule has 1 atom stereocenters. The van der Waals surface area contributed by atoms with Crippen molar-refractivity contribution >= 4 is 43.2 Å². The summed E-state index contributed by atoms with van der Waals surface area (Å²) in [5.41, 5.74) is 0.382. The van der Waals surface area contributed by atoms with Crippen molar-refractivity contribution in [3.05, 3.63) is 56.2 Å². The molecule has 0 saturated heterocycles. The molecular formula is C12H8Br2F2S. The molecule has 0 spiro atoms. The molecule has 5 heteroatoms. The Kier molecular flexibility index (Phi) is 4.33. The smallest absolute Gasteiger partial charge is 0.162 e. The topological polar surface area (TPSA) is 0 Å². The zero-order chi connectivity index (χ0) is 12.4. The average molecular weight is 382 g/mol. The highest BCUT2D eigenvalue weighted by atomic mass is 79.9. The number of rotatable bonds is 3. The molecule has 90 valence electrons. The second kappa shape index (κ2) is 5.59. The van der Waals surface area contributed by atoms with Crippen molar-refractivity contribution in [2.75, 3.05) is 0 Å². The van der Waals surface area contributed by atoms with Crippen LogP contribution in [0.1, 0.15) is 15.3 Å². The van der Waals surface area contributed by atoms with Crippen molar-refractivity contribution in [2.45, 2.75) is 11.2 Å². The zero-order valence-corrected chi connectivity index (χ0v) is 12.6. The molecule has 1 heterocycles. The van der Waals surface area contributed by atoms with E-state index in [4.69, 9.17) is 0 Å². The minimum absolute atomic E-state index is 0.0202. The van der Waals surface area contributed by atoms with Gasteiger partial charge in [0.15, 0.2) is 11.6 Å². The van der Waals surface area contributed by atoms with E-state index >= 15 is 0 Å². The normalized spacial score (nSPS) is 12.7. The molecule has 0 fully saturated rings. The number of halogens is 4. The monoisotopic (exact) mass is 380 g/mol. The maximum absolute atomic E-state index is 13.5. The van der Waals surface area contributed by atoms with Gasteiger partial charge in [-0.05, 0) is 45.4 Å². The largest absolute Gasteiger partial charge is 0.204 e. The van der Waals surface area contributed by atoms with Crippen LogP contribution in [-0.4, -0.2) is 0 Å². The van der Waals surface area contributed by atoms with Gasteiger partial charge in [0, 0.05) is 9.35 Å². The number of hydrogen-bond donors (Lipinski definition) is 0. The van der Waals surface area contributed by atoms with Crippen molar-refractivity contribution in [3.63, 3.8) is 0 Å². The molecule has 0 bridgehead atoms. The van der Waals surface area contributed by atoms with Crippen molar-refractivity contribution < 1.29 is 8.78 Å². The summed E-state index contributed by atoms with van der Waals surface area (Å²) in [7, 11) is 0. The van der Waals surface area contributed by atoms with Crippen molar-refractivity contribution in [3.8, 4) is 0 Å². The van der Waals surface area contributed by atoms with Gasteiger partial charge in [0.1, 0.15) is 0 Å². The highest BCUT2D eigenvalue weighted by Gasteiger charge is 2.16. The lowest BCUT2D eigenvalue weighted by atomic mass is 10.1. The van der Waals surface area contributed by atoms with E-state index in [1.165, 1.54) is 6.07 Å². The van der Waals surface area contributed by atoms with E-state index in [1.54, 1.807) is 17.4 Å². The first-order valence-corrected chi connectivity index (χ1v) is 7.48. The molecule has 0 amide bonds. The molecule has 1 aromatic heterocycles. The van der Waals surface area contributed by atoms with Gasteiger partial charge < -0.3 is 0 Å². The first-order valence-electron chi connectivity index (χ1n) is 4.89. The third-order valence-electron chi connectivity index (χ3n) is 2.36. The molecule has 0 aliphatic rings. The summed E-state index contributed by atoms with van der Waals surface area (Å²) < 4.78 is 27.5. The standard InChI is InChI=1S/C12H8Br2F2S/c13-8-4-5-17-12(8)9(14)6-7-2-1-3-10(15)11(7)16/h1-5,9H,6H2. The predicted molar refractivity (Wildman–Crippen MR) is 73.7 cm³/mol. The van der Waals surface area contributed by atoms with E-state index in [9.17, 15) is 8.78 Å². The number of hydrogen-bond acceptors (Lipinski definition) is 1. The van der Waals surface area contributed by atoms with Crippen LogP contribution >= 0.6 is 43.2 Å². The van der Waals surface area contributed by atoms with Gasteiger partial charge in [-0.25, -0.2) is 8.78 Å². The number of benzene rings is 1. The van der Waals surface area contributed by atoms with Crippen molar-refractivity contribution in [2.24, 2.45) is 0 Å². The van der Waals surface area contributed by atoms with Crippen molar-refractivity contribution in [1.82, 2.24) is 0 Å². The lowest BCUT2D eigenvalue weighted by molar-refractivity contribution is 0.498. The molecule has 0 aliphatic carbocycles. The van der Waals surface area contributed by atoms with E-state index in [0.29, 0.717) is 12.0 Å². The second-order valence-electron chi connectivity index (χ2n) is 3.52. The molecule has 17 heavy (non-hydrogen) atoms. The van der Waals surface area contributed by atoms with E-state index in [0.717, 1.165) is 15.4 Å². The van der Waals surface area contributed by atoms with Crippen LogP contribution in [0.5, 0.6) is 0 Å². The number of thiophene rings is 1. The molecular weight excluding hydrogens is 374 g/mol. The van der Waals surface area contributed by atoms with Crippen LogP contribution in [0.3, 0.4) is 0 Å². The fourth-order valence-electron chi connectivity index (χ4n) is 1.52. The Bertz CT molecular complexity index is 525. The van der Waals surface area contributed by atoms with E-state index in [2.05, 4.69) is 31.9 Å². The molecule has 2 rings (SSSR count). The third kappa shape index (κ3) is 2.95. The zero-order valence-electron chi connectivity index (χ0n) is 8.59. The second-order valence-corrected chi connectivity index (χ2v) is 6.42. The van der Waals surface area contributed by atoms with Crippen LogP contribution in [0, 0.1) is 11.6 Å². The molecule has 0 radical (unpaired) electrons. The highest BCUT2D eigenvalue weighted by Crippen LogP contribution is 2.36. The van der Waals surface area contributed by atoms with Gasteiger partial charge >= 0.3 is 0 Å². The van der Waals surface area contributed by atoms with Gasteiger partial charge in [0.2, 0.25) is 0 Å². The van der Waals surface area contributed by atoms with Gasteiger partial charge in [-0.15, -0.1) is 11.3 Å². The molecule has 0 saturated carbocycles. The Morgan fingerprint density at radius 1 is 1.24 bits per heavy atom. The SMILES string of the molecule is Fc1cccc(CC(Br)c2sccc2Br)c1F. The number of alkyl halides is 1. The quantitative estimate of drug-likeness (QED) is 0.618. The summed E-state index contributed by atoms with van der Waals surface area (Å²) in [4.78, 5) is 1.06. The molecule has 0 N–H and O–H groups in total. The van der Waals surface area contributed by atoms with Crippen LogP contribution in [0.2, 0.25) is 0 Å². The van der Waals surface area contributed by atoms with E-state index < -0.39 is 11.6 Å². The van der Waals surface area contributed by atoms with E-state index in [-0.39, 0.29) is 4.83 Å². The van der Waals surface area contributed by atoms with Gasteiger partial charge in [0.25, 0.3) is 0 Å². The Morgan fingerprint density at radius 2 is 2.00 bits per heavy atom. The Balaban J connectivity index is 2.22. The lowest BCUT2D eigenvalue weighted by Crippen LogP contribution is -1.99. The molecule has 2 aromatic rings. The summed E-state index contributed by atoms with van der Waals surface area (Å²) >= 11 is 8.51. The summed E-state index contributed by atoms with van der Waals surface area (Å²) in [6, 6.07) is 6.20. The van der Waals surface area contributed by atoms with Crippen LogP contribution in [0.4, 0.5) is 8.78 Å². The first kappa shape index (κ1) is 13.2. The van der Waals surface area contributed by atoms with Gasteiger partial charge in [-0.3, -0.25) is 0 Å². The van der Waals surface area contributed by atoms with Gasteiger partial charge in [0.05, 0.1) is 4.83 Å². The Hall–Kier alpha value is -0.260. The fourth-order valence-corrected chi connectivity index (χ4v) is 4.37. The van der Waals surface area contributed by atoms with Crippen molar-refractivity contribution in [1.29, 1.82) is 0 Å². The maximum atomic E-state index is 13.5. The van der Waals surface area contributed by atoms with Crippen LogP contribution in [0.25, 0.3) is 0 Å². The lowest BCUT2D eigenvalue weighted by Gasteiger charge is -2.09. The first-order chi connectivity index (χ1) is 8.09. The molecule has 1 unspecified atom stereocenters. The summed E-state index contributed by atoms with van der Waals surface area (Å²) in [5.74, 6) is -1.56. The molecule has 1 aromatic carbocycles. The maximum Gasteiger partial charge on any atom is 0.162 e. The van der Waals surface area contributed by atoms with E-state index in [1.807, 2.05) is 11.4 Å². The molecule has 0 nitrogen and oxygen atoms in total. The van der Waals surface area contributed by atoms with Gasteiger partial charge in [-0.2, -0.15) is 0 Å². The summed E-state index contributed by atoms with van der Waals surface area (Å²) in [6.07, 6.45) is 0.419. The molecule has 0 aliphatic heterocycles. The minimum atomic E-state index is -0.799. The average Bonchev–Trinajstić information content (AvgIpc) is 2.71. The minimum Gasteiger partial charge on any atom is -0.204 e. The van der Waals surface area contributed by atoms with Crippen LogP contribution in [0.15, 0.2) is 34.1 Å². The predicted octanol–water partition coefficient (Wildman–Crippen LogP) is 5.47. The van der Waals surface area contributed by atoms with Gasteiger partial charge in [-0.1, -0.05) is 28.1 Å². The van der Waals surface area contributed by atoms with Crippen LogP contribution < -0.4 is 0 Å². The Labute approximate surface area is 119 Å². The van der Waals surface area contributed by atoms with Crippen LogP contribution in [-0.2, 0) is 6.42 Å². The third-order valence-corrected chi connectivity index (χ3v) is 5.43. The fraction of sp³-hybridized carbons (Fsp3) is 0.167. The summed E-state index contributed by atoms with van der Waals surface area (Å²) in [6.45, 7) is 0. The highest BCUT2D eigenvalue weighted by molar-refractivity contribution is 9.11. The summed E-state index contributed by atoms with van der Waals surface area (Å²) in [5, 5.41) is 1.95. The Morgan fingerprint density at radius 3 is 2.65 bits per heavy atom.